The molecule has 0 saturated carbocycles. The minimum absolute atomic E-state index is 0.0162. The van der Waals surface area contributed by atoms with Crippen molar-refractivity contribution in [3.63, 3.8) is 0 Å². The third-order valence-corrected chi connectivity index (χ3v) is 6.97. The van der Waals surface area contributed by atoms with E-state index in [0.717, 1.165) is 63.8 Å². The third kappa shape index (κ3) is 3.47. The number of H-pyrrole nitrogens is 1. The molecule has 2 unspecified atom stereocenters. The van der Waals surface area contributed by atoms with E-state index in [0.29, 0.717) is 0 Å². The first kappa shape index (κ1) is 20.3. The molecule has 0 saturated heterocycles. The van der Waals surface area contributed by atoms with Crippen molar-refractivity contribution in [2.24, 2.45) is 5.41 Å². The molecule has 3 heterocycles. The Bertz CT molecular complexity index is 1370. The summed E-state index contributed by atoms with van der Waals surface area (Å²) in [6, 6.07) is 18.7. The molecule has 0 spiro atoms. The highest BCUT2D eigenvalue weighted by atomic mass is 16.7. The van der Waals surface area contributed by atoms with Crippen molar-refractivity contribution in [1.29, 1.82) is 0 Å². The van der Waals surface area contributed by atoms with E-state index < -0.39 is 6.10 Å². The van der Waals surface area contributed by atoms with Gasteiger partial charge in [0.2, 0.25) is 6.79 Å². The summed E-state index contributed by atoms with van der Waals surface area (Å²) < 4.78 is 11.4. The van der Waals surface area contributed by atoms with Crippen molar-refractivity contribution >= 4 is 21.8 Å². The number of nitrogens with zero attached hydrogens (tertiary/aromatic N) is 1. The number of hydrogen-bond donors (Lipinski definition) is 2. The summed E-state index contributed by atoms with van der Waals surface area (Å²) in [6.07, 6.45) is 3.49. The Balaban J connectivity index is 1.63. The zero-order valence-electron chi connectivity index (χ0n) is 19.0. The van der Waals surface area contributed by atoms with E-state index in [1.165, 1.54) is 5.56 Å². The Kier molecular flexibility index (Phi) is 4.70. The Morgan fingerprint density at radius 2 is 1.91 bits per heavy atom. The fraction of sp³-hybridized carbons (Fsp3) is 0.321. The molecule has 0 bridgehead atoms. The number of nitrogens with one attached hydrogen (secondary N) is 1. The first-order chi connectivity index (χ1) is 16.0. The van der Waals surface area contributed by atoms with E-state index in [4.69, 9.17) is 14.5 Å². The smallest absolute Gasteiger partial charge is 0.229 e. The molecule has 168 valence electrons. The van der Waals surface area contributed by atoms with Gasteiger partial charge in [-0.1, -0.05) is 62.4 Å². The molecule has 2 N–H and O–H groups in total. The number of rotatable bonds is 4. The lowest BCUT2D eigenvalue weighted by molar-refractivity contribution is 0.0750. The summed E-state index contributed by atoms with van der Waals surface area (Å²) in [5.74, 6) is 0.694. The minimum Gasteiger partial charge on any atom is -0.462 e. The molecular weight excluding hydrogens is 412 g/mol. The van der Waals surface area contributed by atoms with Crippen molar-refractivity contribution in [1.82, 2.24) is 9.97 Å². The molecule has 33 heavy (non-hydrogen) atoms. The van der Waals surface area contributed by atoms with Crippen molar-refractivity contribution < 1.29 is 14.6 Å². The quantitative estimate of drug-likeness (QED) is 0.415. The lowest BCUT2D eigenvalue weighted by Crippen LogP contribution is -2.27. The average molecular weight is 441 g/mol. The number of aromatic amines is 1. The number of aliphatic hydroxyl groups is 1. The number of allylic oxidation sites excluding steroid dienone is 1. The predicted molar refractivity (Wildman–Crippen MR) is 129 cm³/mol. The molecule has 6 rings (SSSR count). The number of fused-ring (bicyclic) bond motifs is 5. The van der Waals surface area contributed by atoms with Crippen LogP contribution in [0.25, 0.3) is 21.8 Å². The van der Waals surface area contributed by atoms with Gasteiger partial charge in [-0.05, 0) is 36.3 Å². The summed E-state index contributed by atoms with van der Waals surface area (Å²) in [7, 11) is 0. The standard InChI is InChI=1S/C28H28N2O3/c1-28(2)13-21-25(22(31)14-28)24-18-10-6-7-11-20(18)29-27(24)26(30-21)19(23-15-32-16-33-23)12-17-8-4-3-5-9-17/h3-11,15,19,22,29,31H,12-14,16H2,1-2H3. The van der Waals surface area contributed by atoms with Gasteiger partial charge in [-0.3, -0.25) is 4.98 Å². The molecule has 0 radical (unpaired) electrons. The molecule has 0 fully saturated rings. The molecule has 5 nitrogen and oxygen atoms in total. The Morgan fingerprint density at radius 1 is 1.12 bits per heavy atom. The second-order valence-corrected chi connectivity index (χ2v) is 10.0. The molecule has 2 aromatic heterocycles. The van der Waals surface area contributed by atoms with Crippen LogP contribution in [0.4, 0.5) is 0 Å². The van der Waals surface area contributed by atoms with Gasteiger partial charge in [0.15, 0.2) is 0 Å². The van der Waals surface area contributed by atoms with Crippen LogP contribution in [0.15, 0.2) is 66.6 Å². The molecular formula is C28H28N2O3. The highest BCUT2D eigenvalue weighted by molar-refractivity contribution is 6.10. The molecule has 1 aliphatic heterocycles. The summed E-state index contributed by atoms with van der Waals surface area (Å²) in [5, 5.41) is 13.5. The third-order valence-electron chi connectivity index (χ3n) is 6.97. The van der Waals surface area contributed by atoms with Crippen LogP contribution in [0.3, 0.4) is 0 Å². The SMILES string of the molecule is CC1(C)Cc2nc(C(Cc3ccccc3)C3=COCO3)c3[nH]c4ccccc4c3c2C(O)C1. The van der Waals surface area contributed by atoms with Gasteiger partial charge in [-0.25, -0.2) is 0 Å². The van der Waals surface area contributed by atoms with Crippen molar-refractivity contribution in [2.75, 3.05) is 6.79 Å². The number of aliphatic hydroxyl groups excluding tert-OH is 1. The highest BCUT2D eigenvalue weighted by Gasteiger charge is 2.37. The van der Waals surface area contributed by atoms with E-state index in [-0.39, 0.29) is 18.1 Å². The van der Waals surface area contributed by atoms with Crippen LogP contribution in [0, 0.1) is 5.41 Å². The molecule has 2 aliphatic rings. The van der Waals surface area contributed by atoms with Crippen LogP contribution in [0.2, 0.25) is 0 Å². The Morgan fingerprint density at radius 3 is 2.70 bits per heavy atom. The first-order valence-corrected chi connectivity index (χ1v) is 11.6. The summed E-state index contributed by atoms with van der Waals surface area (Å²) in [6.45, 7) is 4.64. The largest absolute Gasteiger partial charge is 0.462 e. The summed E-state index contributed by atoms with van der Waals surface area (Å²) in [5.41, 5.74) is 6.14. The van der Waals surface area contributed by atoms with Crippen LogP contribution in [0.1, 0.15) is 54.8 Å². The second-order valence-electron chi connectivity index (χ2n) is 10.0. The van der Waals surface area contributed by atoms with Crippen LogP contribution >= 0.6 is 0 Å². The van der Waals surface area contributed by atoms with Gasteiger partial charge in [-0.15, -0.1) is 0 Å². The monoisotopic (exact) mass is 440 g/mol. The molecule has 1 aliphatic carbocycles. The van der Waals surface area contributed by atoms with Gasteiger partial charge in [0.05, 0.1) is 23.2 Å². The maximum absolute atomic E-state index is 11.2. The topological polar surface area (TPSA) is 67.4 Å². The summed E-state index contributed by atoms with van der Waals surface area (Å²) >= 11 is 0. The van der Waals surface area contributed by atoms with Gasteiger partial charge in [0.25, 0.3) is 0 Å². The Hall–Kier alpha value is -3.31. The highest BCUT2D eigenvalue weighted by Crippen LogP contribution is 2.47. The lowest BCUT2D eigenvalue weighted by Gasteiger charge is -2.35. The second kappa shape index (κ2) is 7.63. The number of aromatic nitrogens is 2. The number of pyridine rings is 1. The fourth-order valence-electron chi connectivity index (χ4n) is 5.53. The number of para-hydroxylation sites is 1. The zero-order valence-corrected chi connectivity index (χ0v) is 19.0. The molecule has 2 atom stereocenters. The summed E-state index contributed by atoms with van der Waals surface area (Å²) in [4.78, 5) is 8.89. The van der Waals surface area contributed by atoms with Crippen LogP contribution in [-0.4, -0.2) is 21.9 Å². The van der Waals surface area contributed by atoms with E-state index in [1.54, 1.807) is 6.26 Å². The fourth-order valence-corrected chi connectivity index (χ4v) is 5.53. The maximum atomic E-state index is 11.2. The first-order valence-electron chi connectivity index (χ1n) is 11.6. The molecule has 2 aromatic carbocycles. The maximum Gasteiger partial charge on any atom is 0.229 e. The number of hydrogen-bond acceptors (Lipinski definition) is 4. The van der Waals surface area contributed by atoms with Crippen molar-refractivity contribution in [3.8, 4) is 0 Å². The van der Waals surface area contributed by atoms with Crippen LogP contribution < -0.4 is 0 Å². The zero-order chi connectivity index (χ0) is 22.6. The molecule has 5 heteroatoms. The molecule has 0 amide bonds. The van der Waals surface area contributed by atoms with E-state index in [1.807, 2.05) is 12.1 Å². The Labute approximate surface area is 193 Å². The number of benzene rings is 2. The van der Waals surface area contributed by atoms with Gasteiger partial charge in [0.1, 0.15) is 12.0 Å². The van der Waals surface area contributed by atoms with Gasteiger partial charge >= 0.3 is 0 Å². The average Bonchev–Trinajstić information content (AvgIpc) is 3.45. The van der Waals surface area contributed by atoms with Gasteiger partial charge in [-0.2, -0.15) is 0 Å². The minimum atomic E-state index is -0.537. The van der Waals surface area contributed by atoms with E-state index in [9.17, 15) is 5.11 Å². The molecule has 4 aromatic rings. The normalized spacial score (nSPS) is 20.2. The van der Waals surface area contributed by atoms with Crippen molar-refractivity contribution in [2.45, 2.75) is 45.1 Å². The number of ether oxygens (including phenoxy) is 2. The lowest BCUT2D eigenvalue weighted by atomic mass is 9.73. The van der Waals surface area contributed by atoms with E-state index in [2.05, 4.69) is 61.3 Å². The predicted octanol–water partition coefficient (Wildman–Crippen LogP) is 5.89. The van der Waals surface area contributed by atoms with Gasteiger partial charge < -0.3 is 19.6 Å². The van der Waals surface area contributed by atoms with Crippen LogP contribution in [0.5, 0.6) is 0 Å². The van der Waals surface area contributed by atoms with Gasteiger partial charge in [0, 0.05) is 27.5 Å². The van der Waals surface area contributed by atoms with Crippen molar-refractivity contribution in [3.05, 3.63) is 89.1 Å². The van der Waals surface area contributed by atoms with Crippen LogP contribution in [-0.2, 0) is 22.3 Å². The van der Waals surface area contributed by atoms with E-state index >= 15 is 0 Å².